The van der Waals surface area contributed by atoms with Crippen LogP contribution in [0.5, 0.6) is 11.5 Å². The third kappa shape index (κ3) is 3.62. The molecule has 1 aromatic rings. The maximum absolute atomic E-state index is 11.3. The molecule has 1 aromatic carbocycles. The predicted molar refractivity (Wildman–Crippen MR) is 58.2 cm³/mol. The standard InChI is InChI=1S/C12H16O3/c1-3-7-12(13)15-11-9-6-5-8-10(11)14-4-2/h5-6,8-9H,3-4,7H2,1-2H3. The molecule has 0 N–H and O–H groups in total. The highest BCUT2D eigenvalue weighted by molar-refractivity contribution is 5.73. The highest BCUT2D eigenvalue weighted by Crippen LogP contribution is 2.26. The van der Waals surface area contributed by atoms with Crippen LogP contribution in [-0.2, 0) is 4.79 Å². The van der Waals surface area contributed by atoms with E-state index >= 15 is 0 Å². The Hall–Kier alpha value is -1.51. The number of rotatable bonds is 5. The summed E-state index contributed by atoms with van der Waals surface area (Å²) < 4.78 is 10.5. The number of carbonyl (C=O) groups is 1. The van der Waals surface area contributed by atoms with E-state index in [1.54, 1.807) is 12.1 Å². The quantitative estimate of drug-likeness (QED) is 0.551. The number of hydrogen-bond acceptors (Lipinski definition) is 3. The van der Waals surface area contributed by atoms with Crippen molar-refractivity contribution in [3.05, 3.63) is 24.3 Å². The summed E-state index contributed by atoms with van der Waals surface area (Å²) >= 11 is 0. The first-order chi connectivity index (χ1) is 7.27. The van der Waals surface area contributed by atoms with Gasteiger partial charge < -0.3 is 9.47 Å². The lowest BCUT2D eigenvalue weighted by Gasteiger charge is -2.09. The van der Waals surface area contributed by atoms with E-state index < -0.39 is 0 Å². The summed E-state index contributed by atoms with van der Waals surface area (Å²) in [4.78, 5) is 11.3. The van der Waals surface area contributed by atoms with Crippen molar-refractivity contribution >= 4 is 5.97 Å². The Bertz CT molecular complexity index is 320. The Morgan fingerprint density at radius 1 is 1.20 bits per heavy atom. The lowest BCUT2D eigenvalue weighted by molar-refractivity contribution is -0.134. The SMILES string of the molecule is CCCC(=O)Oc1ccccc1OCC. The Kier molecular flexibility index (Phi) is 4.68. The molecule has 82 valence electrons. The summed E-state index contributed by atoms with van der Waals surface area (Å²) in [6.45, 7) is 4.39. The van der Waals surface area contributed by atoms with Gasteiger partial charge in [-0.25, -0.2) is 0 Å². The number of benzene rings is 1. The van der Waals surface area contributed by atoms with E-state index in [0.29, 0.717) is 24.5 Å². The molecule has 0 radical (unpaired) electrons. The number of ether oxygens (including phenoxy) is 2. The molecule has 0 heterocycles. The smallest absolute Gasteiger partial charge is 0.311 e. The lowest BCUT2D eigenvalue weighted by atomic mass is 10.3. The molecule has 0 saturated carbocycles. The van der Waals surface area contributed by atoms with Gasteiger partial charge in [-0.15, -0.1) is 0 Å². The number of para-hydroxylation sites is 2. The molecule has 1 rings (SSSR count). The second kappa shape index (κ2) is 6.06. The van der Waals surface area contributed by atoms with Gasteiger partial charge >= 0.3 is 5.97 Å². The maximum atomic E-state index is 11.3. The minimum Gasteiger partial charge on any atom is -0.490 e. The van der Waals surface area contributed by atoms with Gasteiger partial charge in [0.25, 0.3) is 0 Å². The third-order valence-electron chi connectivity index (χ3n) is 1.83. The molecule has 0 atom stereocenters. The van der Waals surface area contributed by atoms with Gasteiger partial charge in [0.1, 0.15) is 0 Å². The van der Waals surface area contributed by atoms with Crippen molar-refractivity contribution in [3.63, 3.8) is 0 Å². The first-order valence-corrected chi connectivity index (χ1v) is 5.20. The summed E-state index contributed by atoms with van der Waals surface area (Å²) in [6.07, 6.45) is 1.22. The summed E-state index contributed by atoms with van der Waals surface area (Å²) in [6, 6.07) is 7.19. The molecule has 0 aliphatic heterocycles. The fraction of sp³-hybridized carbons (Fsp3) is 0.417. The van der Waals surface area contributed by atoms with Gasteiger partial charge in [-0.2, -0.15) is 0 Å². The molecule has 0 spiro atoms. The van der Waals surface area contributed by atoms with E-state index in [4.69, 9.17) is 9.47 Å². The molecule has 3 heteroatoms. The molecule has 3 nitrogen and oxygen atoms in total. The monoisotopic (exact) mass is 208 g/mol. The van der Waals surface area contributed by atoms with Crippen molar-refractivity contribution in [1.82, 2.24) is 0 Å². The Morgan fingerprint density at radius 2 is 1.87 bits per heavy atom. The molecule has 15 heavy (non-hydrogen) atoms. The Morgan fingerprint density at radius 3 is 2.47 bits per heavy atom. The lowest BCUT2D eigenvalue weighted by Crippen LogP contribution is -2.08. The van der Waals surface area contributed by atoms with Crippen LogP contribution in [0.2, 0.25) is 0 Å². The van der Waals surface area contributed by atoms with E-state index in [1.165, 1.54) is 0 Å². The van der Waals surface area contributed by atoms with E-state index in [9.17, 15) is 4.79 Å². The normalized spacial score (nSPS) is 9.73. The molecule has 0 bridgehead atoms. The van der Waals surface area contributed by atoms with Crippen LogP contribution in [0, 0.1) is 0 Å². The van der Waals surface area contributed by atoms with Crippen LogP contribution in [0.1, 0.15) is 26.7 Å². The Labute approximate surface area is 90.0 Å². The van der Waals surface area contributed by atoms with Crippen molar-refractivity contribution in [3.8, 4) is 11.5 Å². The highest BCUT2D eigenvalue weighted by atomic mass is 16.6. The summed E-state index contributed by atoms with van der Waals surface area (Å²) in [7, 11) is 0. The van der Waals surface area contributed by atoms with Crippen LogP contribution in [-0.4, -0.2) is 12.6 Å². The minimum absolute atomic E-state index is 0.218. The van der Waals surface area contributed by atoms with Crippen LogP contribution in [0.25, 0.3) is 0 Å². The first kappa shape index (κ1) is 11.6. The van der Waals surface area contributed by atoms with Crippen molar-refractivity contribution in [1.29, 1.82) is 0 Å². The van der Waals surface area contributed by atoms with Gasteiger partial charge in [0.15, 0.2) is 11.5 Å². The summed E-state index contributed by atoms with van der Waals surface area (Å²) in [5, 5.41) is 0. The third-order valence-corrected chi connectivity index (χ3v) is 1.83. The zero-order chi connectivity index (χ0) is 11.1. The van der Waals surface area contributed by atoms with Gasteiger partial charge in [-0.05, 0) is 25.5 Å². The van der Waals surface area contributed by atoms with Crippen molar-refractivity contribution < 1.29 is 14.3 Å². The van der Waals surface area contributed by atoms with E-state index in [0.717, 1.165) is 6.42 Å². The fourth-order valence-electron chi connectivity index (χ4n) is 1.19. The number of esters is 1. The fourth-order valence-corrected chi connectivity index (χ4v) is 1.19. The van der Waals surface area contributed by atoms with Gasteiger partial charge in [-0.1, -0.05) is 19.1 Å². The zero-order valence-corrected chi connectivity index (χ0v) is 9.16. The van der Waals surface area contributed by atoms with E-state index in [2.05, 4.69) is 0 Å². The van der Waals surface area contributed by atoms with Crippen LogP contribution < -0.4 is 9.47 Å². The summed E-state index contributed by atoms with van der Waals surface area (Å²) in [5.41, 5.74) is 0. The summed E-state index contributed by atoms with van der Waals surface area (Å²) in [5.74, 6) is 0.895. The van der Waals surface area contributed by atoms with Crippen LogP contribution >= 0.6 is 0 Å². The second-order valence-electron chi connectivity index (χ2n) is 3.10. The molecule has 0 aromatic heterocycles. The molecule has 0 fully saturated rings. The van der Waals surface area contributed by atoms with E-state index in [-0.39, 0.29) is 5.97 Å². The first-order valence-electron chi connectivity index (χ1n) is 5.20. The number of carbonyl (C=O) groups excluding carboxylic acids is 1. The molecule has 0 saturated heterocycles. The number of hydrogen-bond donors (Lipinski definition) is 0. The minimum atomic E-state index is -0.218. The van der Waals surface area contributed by atoms with E-state index in [1.807, 2.05) is 26.0 Å². The van der Waals surface area contributed by atoms with Crippen LogP contribution in [0.4, 0.5) is 0 Å². The van der Waals surface area contributed by atoms with Gasteiger partial charge in [-0.3, -0.25) is 4.79 Å². The van der Waals surface area contributed by atoms with Crippen molar-refractivity contribution in [2.75, 3.05) is 6.61 Å². The van der Waals surface area contributed by atoms with Crippen molar-refractivity contribution in [2.24, 2.45) is 0 Å². The molecule has 0 unspecified atom stereocenters. The molecule has 0 amide bonds. The van der Waals surface area contributed by atoms with Crippen molar-refractivity contribution in [2.45, 2.75) is 26.7 Å². The van der Waals surface area contributed by atoms with Crippen LogP contribution in [0.3, 0.4) is 0 Å². The highest BCUT2D eigenvalue weighted by Gasteiger charge is 2.08. The second-order valence-corrected chi connectivity index (χ2v) is 3.10. The topological polar surface area (TPSA) is 35.5 Å². The van der Waals surface area contributed by atoms with Crippen LogP contribution in [0.15, 0.2) is 24.3 Å². The zero-order valence-electron chi connectivity index (χ0n) is 9.16. The molecule has 0 aliphatic carbocycles. The molecular weight excluding hydrogens is 192 g/mol. The Balaban J connectivity index is 2.70. The molecular formula is C12H16O3. The maximum Gasteiger partial charge on any atom is 0.311 e. The average Bonchev–Trinajstić information content (AvgIpc) is 2.21. The largest absolute Gasteiger partial charge is 0.490 e. The van der Waals surface area contributed by atoms with Gasteiger partial charge in [0, 0.05) is 6.42 Å². The molecule has 0 aliphatic rings. The predicted octanol–water partition coefficient (Wildman–Crippen LogP) is 2.79. The van der Waals surface area contributed by atoms with Gasteiger partial charge in [0.05, 0.1) is 6.61 Å². The van der Waals surface area contributed by atoms with Gasteiger partial charge in [0.2, 0.25) is 0 Å². The average molecular weight is 208 g/mol.